The van der Waals surface area contributed by atoms with Crippen LogP contribution in [0.15, 0.2) is 24.3 Å². The molecule has 1 aromatic carbocycles. The minimum Gasteiger partial charge on any atom is -0.326 e. The third-order valence-electron chi connectivity index (χ3n) is 4.97. The van der Waals surface area contributed by atoms with E-state index in [0.29, 0.717) is 24.1 Å². The molecule has 0 radical (unpaired) electrons. The fourth-order valence-electron chi connectivity index (χ4n) is 3.84. The molecule has 1 fully saturated rings. The van der Waals surface area contributed by atoms with E-state index >= 15 is 0 Å². The van der Waals surface area contributed by atoms with Crippen molar-refractivity contribution in [2.75, 3.05) is 5.32 Å². The average molecular weight is 341 g/mol. The van der Waals surface area contributed by atoms with E-state index in [2.05, 4.69) is 34.3 Å². The third-order valence-corrected chi connectivity index (χ3v) is 4.97. The number of benzene rings is 1. The topological polar surface area (TPSA) is 96.7 Å². The van der Waals surface area contributed by atoms with E-state index in [-0.39, 0.29) is 11.3 Å². The Morgan fingerprint density at radius 1 is 1.28 bits per heavy atom. The molecule has 4 N–H and O–H groups in total. The lowest BCUT2D eigenvalue weighted by Gasteiger charge is -2.29. The minimum atomic E-state index is -0.202. The van der Waals surface area contributed by atoms with Crippen molar-refractivity contribution in [2.45, 2.75) is 52.5 Å². The summed E-state index contributed by atoms with van der Waals surface area (Å²) in [5, 5.41) is 10.1. The number of nitrogens with two attached hydrogens (primary N) is 1. The molecule has 25 heavy (non-hydrogen) atoms. The molecule has 2 aromatic rings. The molecule has 0 unspecified atom stereocenters. The number of hydrogen-bond donors (Lipinski definition) is 3. The van der Waals surface area contributed by atoms with Crippen LogP contribution in [0, 0.1) is 11.3 Å². The van der Waals surface area contributed by atoms with Crippen molar-refractivity contribution in [1.82, 2.24) is 15.2 Å². The normalized spacial score (nSPS) is 16.3. The van der Waals surface area contributed by atoms with Gasteiger partial charge in [-0.1, -0.05) is 26.7 Å². The zero-order chi connectivity index (χ0) is 17.9. The van der Waals surface area contributed by atoms with Gasteiger partial charge in [-0.2, -0.15) is 5.10 Å². The Hall–Kier alpha value is -2.21. The van der Waals surface area contributed by atoms with Crippen LogP contribution in [0.25, 0.3) is 11.4 Å². The Morgan fingerprint density at radius 2 is 1.96 bits per heavy atom. The Bertz CT molecular complexity index is 714. The first-order chi connectivity index (χ1) is 12.0. The molecule has 0 atom stereocenters. The number of H-pyrrole nitrogens is 1. The van der Waals surface area contributed by atoms with Crippen molar-refractivity contribution in [1.29, 1.82) is 0 Å². The Kier molecular flexibility index (Phi) is 5.18. The molecule has 1 aliphatic carbocycles. The predicted molar refractivity (Wildman–Crippen MR) is 98.7 cm³/mol. The van der Waals surface area contributed by atoms with Gasteiger partial charge in [0, 0.05) is 16.7 Å². The molecule has 6 heteroatoms. The number of amides is 1. The molecular formula is C19H27N5O. The van der Waals surface area contributed by atoms with Gasteiger partial charge in [0.05, 0.1) is 6.54 Å². The number of aromatic amines is 1. The van der Waals surface area contributed by atoms with E-state index in [9.17, 15) is 4.79 Å². The first kappa shape index (κ1) is 17.6. The van der Waals surface area contributed by atoms with E-state index < -0.39 is 0 Å². The monoisotopic (exact) mass is 341 g/mol. The van der Waals surface area contributed by atoms with Gasteiger partial charge in [-0.3, -0.25) is 9.89 Å². The van der Waals surface area contributed by atoms with Crippen LogP contribution >= 0.6 is 0 Å². The van der Waals surface area contributed by atoms with Gasteiger partial charge < -0.3 is 11.1 Å². The summed E-state index contributed by atoms with van der Waals surface area (Å²) in [4.78, 5) is 17.2. The summed E-state index contributed by atoms with van der Waals surface area (Å²) >= 11 is 0. The highest BCUT2D eigenvalue weighted by Gasteiger charge is 2.41. The van der Waals surface area contributed by atoms with Crippen LogP contribution in [0.5, 0.6) is 0 Å². The lowest BCUT2D eigenvalue weighted by molar-refractivity contribution is -0.126. The summed E-state index contributed by atoms with van der Waals surface area (Å²) in [6, 6.07) is 7.65. The zero-order valence-corrected chi connectivity index (χ0v) is 15.0. The van der Waals surface area contributed by atoms with Gasteiger partial charge in [0.2, 0.25) is 5.91 Å². The van der Waals surface area contributed by atoms with Gasteiger partial charge in [0.25, 0.3) is 0 Å². The van der Waals surface area contributed by atoms with Crippen molar-refractivity contribution in [3.8, 4) is 11.4 Å². The first-order valence-electron chi connectivity index (χ1n) is 9.06. The SMILES string of the molecule is CC(C)CC1(C(=O)Nc2ccc(-c3n[nH]c(CN)n3)cc2)CCCC1. The molecule has 1 saturated carbocycles. The van der Waals surface area contributed by atoms with Crippen LogP contribution in [0.1, 0.15) is 51.8 Å². The van der Waals surface area contributed by atoms with Gasteiger partial charge in [0.1, 0.15) is 5.82 Å². The lowest BCUT2D eigenvalue weighted by atomic mass is 9.77. The lowest BCUT2D eigenvalue weighted by Crippen LogP contribution is -2.35. The average Bonchev–Trinajstić information content (AvgIpc) is 3.25. The quantitative estimate of drug-likeness (QED) is 0.749. The molecule has 1 aromatic heterocycles. The van der Waals surface area contributed by atoms with E-state index in [1.165, 1.54) is 0 Å². The maximum atomic E-state index is 12.9. The van der Waals surface area contributed by atoms with Crippen molar-refractivity contribution >= 4 is 11.6 Å². The van der Waals surface area contributed by atoms with E-state index in [0.717, 1.165) is 43.4 Å². The van der Waals surface area contributed by atoms with Crippen LogP contribution in [0.4, 0.5) is 5.69 Å². The van der Waals surface area contributed by atoms with Crippen LogP contribution in [-0.2, 0) is 11.3 Å². The molecular weight excluding hydrogens is 314 g/mol. The largest absolute Gasteiger partial charge is 0.326 e. The van der Waals surface area contributed by atoms with Crippen molar-refractivity contribution in [2.24, 2.45) is 17.1 Å². The highest BCUT2D eigenvalue weighted by molar-refractivity contribution is 5.95. The molecule has 0 aliphatic heterocycles. The molecule has 6 nitrogen and oxygen atoms in total. The van der Waals surface area contributed by atoms with Gasteiger partial charge in [-0.15, -0.1) is 0 Å². The van der Waals surface area contributed by atoms with Crippen molar-refractivity contribution in [3.63, 3.8) is 0 Å². The molecule has 3 rings (SSSR count). The highest BCUT2D eigenvalue weighted by Crippen LogP contribution is 2.44. The fourth-order valence-corrected chi connectivity index (χ4v) is 3.84. The van der Waals surface area contributed by atoms with Gasteiger partial charge >= 0.3 is 0 Å². The maximum absolute atomic E-state index is 12.9. The molecule has 134 valence electrons. The van der Waals surface area contributed by atoms with Gasteiger partial charge in [0.15, 0.2) is 5.82 Å². The van der Waals surface area contributed by atoms with Crippen LogP contribution in [0.3, 0.4) is 0 Å². The third kappa shape index (κ3) is 3.90. The predicted octanol–water partition coefficient (Wildman–Crippen LogP) is 3.48. The number of carbonyl (C=O) groups excluding carboxylic acids is 1. The second-order valence-corrected chi connectivity index (χ2v) is 7.43. The summed E-state index contributed by atoms with van der Waals surface area (Å²) in [5.74, 6) is 1.96. The van der Waals surface area contributed by atoms with E-state index in [1.807, 2.05) is 24.3 Å². The van der Waals surface area contributed by atoms with Crippen molar-refractivity contribution in [3.05, 3.63) is 30.1 Å². The second-order valence-electron chi connectivity index (χ2n) is 7.43. The summed E-state index contributed by atoms with van der Waals surface area (Å²) < 4.78 is 0. The summed E-state index contributed by atoms with van der Waals surface area (Å²) in [6.45, 7) is 4.71. The van der Waals surface area contributed by atoms with Gasteiger partial charge in [-0.25, -0.2) is 4.98 Å². The number of nitrogens with one attached hydrogen (secondary N) is 2. The molecule has 1 amide bonds. The zero-order valence-electron chi connectivity index (χ0n) is 15.0. The Morgan fingerprint density at radius 3 is 2.52 bits per heavy atom. The van der Waals surface area contributed by atoms with E-state index in [1.54, 1.807) is 0 Å². The molecule has 1 aliphatic rings. The number of aromatic nitrogens is 3. The number of nitrogens with zero attached hydrogens (tertiary/aromatic N) is 2. The smallest absolute Gasteiger partial charge is 0.230 e. The number of carbonyl (C=O) groups is 1. The highest BCUT2D eigenvalue weighted by atomic mass is 16.2. The van der Waals surface area contributed by atoms with Crippen LogP contribution in [-0.4, -0.2) is 21.1 Å². The Balaban J connectivity index is 1.71. The van der Waals surface area contributed by atoms with Crippen molar-refractivity contribution < 1.29 is 4.79 Å². The van der Waals surface area contributed by atoms with Crippen LogP contribution in [0.2, 0.25) is 0 Å². The molecule has 1 heterocycles. The Labute approximate surface area is 148 Å². The number of rotatable bonds is 6. The molecule has 0 spiro atoms. The standard InChI is InChI=1S/C19H27N5O/c1-13(2)11-19(9-3-4-10-19)18(25)21-15-7-5-14(6-8-15)17-22-16(12-20)23-24-17/h5-8,13H,3-4,9-12,20H2,1-2H3,(H,21,25)(H,22,23,24). The first-order valence-corrected chi connectivity index (χ1v) is 9.06. The summed E-state index contributed by atoms with van der Waals surface area (Å²) in [7, 11) is 0. The summed E-state index contributed by atoms with van der Waals surface area (Å²) in [6.07, 6.45) is 5.24. The van der Waals surface area contributed by atoms with Gasteiger partial charge in [-0.05, 0) is 49.4 Å². The summed E-state index contributed by atoms with van der Waals surface area (Å²) in [5.41, 5.74) is 7.06. The minimum absolute atomic E-state index is 0.162. The fraction of sp³-hybridized carbons (Fsp3) is 0.526. The van der Waals surface area contributed by atoms with Crippen LogP contribution < -0.4 is 11.1 Å². The number of hydrogen-bond acceptors (Lipinski definition) is 4. The second kappa shape index (κ2) is 7.35. The van der Waals surface area contributed by atoms with E-state index in [4.69, 9.17) is 5.73 Å². The maximum Gasteiger partial charge on any atom is 0.230 e. The number of anilines is 1. The molecule has 0 bridgehead atoms. The molecule has 0 saturated heterocycles.